The van der Waals surface area contributed by atoms with Gasteiger partial charge in [0.2, 0.25) is 0 Å². The lowest BCUT2D eigenvalue weighted by molar-refractivity contribution is 0.257. The van der Waals surface area contributed by atoms with Crippen LogP contribution in [-0.4, -0.2) is 49.2 Å². The highest BCUT2D eigenvalue weighted by Crippen LogP contribution is 2.32. The van der Waals surface area contributed by atoms with Gasteiger partial charge in [-0.2, -0.15) is 0 Å². The highest BCUT2D eigenvalue weighted by Gasteiger charge is 2.19. The third kappa shape index (κ3) is 4.49. The molecule has 2 aromatic carbocycles. The molecular formula is C20H22Cl2N4S. The van der Waals surface area contributed by atoms with E-state index in [1.54, 1.807) is 11.3 Å². The lowest BCUT2D eigenvalue weighted by atomic mass is 10.2. The van der Waals surface area contributed by atoms with E-state index in [0.29, 0.717) is 10.0 Å². The van der Waals surface area contributed by atoms with Gasteiger partial charge in [-0.05, 0) is 43.3 Å². The van der Waals surface area contributed by atoms with Crippen molar-refractivity contribution < 1.29 is 0 Å². The van der Waals surface area contributed by atoms with E-state index in [2.05, 4.69) is 38.3 Å². The summed E-state index contributed by atoms with van der Waals surface area (Å²) in [6, 6.07) is 12.2. The zero-order valence-corrected chi connectivity index (χ0v) is 17.3. The molecule has 0 aliphatic carbocycles. The van der Waals surface area contributed by atoms with Crippen LogP contribution in [0.15, 0.2) is 41.9 Å². The summed E-state index contributed by atoms with van der Waals surface area (Å²) in [6.07, 6.45) is 1.12. The van der Waals surface area contributed by atoms with Crippen LogP contribution in [0.25, 0.3) is 10.2 Å². The van der Waals surface area contributed by atoms with Gasteiger partial charge in [0.15, 0.2) is 0 Å². The van der Waals surface area contributed by atoms with Crippen molar-refractivity contribution in [3.05, 3.63) is 52.0 Å². The van der Waals surface area contributed by atoms with E-state index in [0.717, 1.165) is 62.6 Å². The van der Waals surface area contributed by atoms with Gasteiger partial charge in [0, 0.05) is 38.4 Å². The van der Waals surface area contributed by atoms with Gasteiger partial charge in [-0.3, -0.25) is 4.90 Å². The highest BCUT2D eigenvalue weighted by molar-refractivity contribution is 7.16. The second-order valence-electron chi connectivity index (χ2n) is 6.72. The van der Waals surface area contributed by atoms with E-state index in [9.17, 15) is 0 Å². The Kier molecular flexibility index (Phi) is 6.03. The van der Waals surface area contributed by atoms with Crippen LogP contribution in [0.5, 0.6) is 0 Å². The van der Waals surface area contributed by atoms with E-state index in [1.807, 2.05) is 23.7 Å². The number of piperazine rings is 1. The molecule has 1 aliphatic rings. The summed E-state index contributed by atoms with van der Waals surface area (Å²) in [7, 11) is 0. The zero-order valence-electron chi connectivity index (χ0n) is 15.0. The van der Waals surface area contributed by atoms with Crippen molar-refractivity contribution in [2.75, 3.05) is 49.5 Å². The number of fused-ring (bicyclic) bond motifs is 1. The van der Waals surface area contributed by atoms with Crippen LogP contribution in [0.1, 0.15) is 6.42 Å². The molecule has 3 aromatic rings. The number of nitrogens with zero attached hydrogens (tertiary/aromatic N) is 3. The predicted molar refractivity (Wildman–Crippen MR) is 118 cm³/mol. The molecule has 142 valence electrons. The fourth-order valence-corrected chi connectivity index (χ4v) is 4.53. The Bertz CT molecular complexity index is 906. The third-order valence-electron chi connectivity index (χ3n) is 4.95. The van der Waals surface area contributed by atoms with Crippen LogP contribution in [0.3, 0.4) is 0 Å². The van der Waals surface area contributed by atoms with Gasteiger partial charge in [0.1, 0.15) is 0 Å². The van der Waals surface area contributed by atoms with E-state index in [4.69, 9.17) is 23.2 Å². The van der Waals surface area contributed by atoms with Gasteiger partial charge < -0.3 is 10.2 Å². The van der Waals surface area contributed by atoms with Crippen molar-refractivity contribution >= 4 is 56.1 Å². The van der Waals surface area contributed by atoms with Gasteiger partial charge >= 0.3 is 0 Å². The van der Waals surface area contributed by atoms with Crippen molar-refractivity contribution in [2.45, 2.75) is 6.42 Å². The van der Waals surface area contributed by atoms with Gasteiger partial charge in [-0.25, -0.2) is 4.98 Å². The average Bonchev–Trinajstić information content (AvgIpc) is 3.16. The number of nitrogens with one attached hydrogen (secondary N) is 1. The second kappa shape index (κ2) is 8.65. The minimum Gasteiger partial charge on any atom is -0.385 e. The van der Waals surface area contributed by atoms with Crippen LogP contribution in [0, 0.1) is 0 Å². The van der Waals surface area contributed by atoms with Gasteiger partial charge in [-0.1, -0.05) is 29.3 Å². The second-order valence-corrected chi connectivity index (χ2v) is 8.39. The SMILES string of the molecule is Clc1cccc(N2CCN(CCCNc3ccc4scnc4c3)CC2)c1Cl. The number of rotatable bonds is 6. The lowest BCUT2D eigenvalue weighted by Gasteiger charge is -2.36. The summed E-state index contributed by atoms with van der Waals surface area (Å²) in [6.45, 7) is 6.13. The van der Waals surface area contributed by atoms with E-state index in [-0.39, 0.29) is 0 Å². The maximum atomic E-state index is 6.35. The summed E-state index contributed by atoms with van der Waals surface area (Å²) in [5, 5.41) is 4.79. The summed E-state index contributed by atoms with van der Waals surface area (Å²) in [4.78, 5) is 9.21. The smallest absolute Gasteiger partial charge is 0.0832 e. The minimum atomic E-state index is 0.624. The summed E-state index contributed by atoms with van der Waals surface area (Å²) < 4.78 is 1.23. The molecule has 0 radical (unpaired) electrons. The predicted octanol–water partition coefficient (Wildman–Crippen LogP) is 5.23. The molecule has 4 rings (SSSR count). The number of hydrogen-bond donors (Lipinski definition) is 1. The molecule has 0 bridgehead atoms. The van der Waals surface area contributed by atoms with Crippen molar-refractivity contribution in [3.8, 4) is 0 Å². The Labute approximate surface area is 173 Å². The van der Waals surface area contributed by atoms with Gasteiger partial charge in [0.25, 0.3) is 0 Å². The van der Waals surface area contributed by atoms with E-state index in [1.165, 1.54) is 4.70 Å². The fourth-order valence-electron chi connectivity index (χ4n) is 3.45. The topological polar surface area (TPSA) is 31.4 Å². The zero-order chi connectivity index (χ0) is 18.6. The molecule has 0 amide bonds. The molecule has 2 heterocycles. The Hall–Kier alpha value is -1.53. The molecule has 0 saturated carbocycles. The van der Waals surface area contributed by atoms with E-state index < -0.39 is 0 Å². The number of thiazole rings is 1. The van der Waals surface area contributed by atoms with Crippen LogP contribution < -0.4 is 10.2 Å². The van der Waals surface area contributed by atoms with Crippen LogP contribution >= 0.6 is 34.5 Å². The van der Waals surface area contributed by atoms with Crippen molar-refractivity contribution in [1.82, 2.24) is 9.88 Å². The molecule has 4 nitrogen and oxygen atoms in total. The van der Waals surface area contributed by atoms with Crippen molar-refractivity contribution in [2.24, 2.45) is 0 Å². The first-order chi connectivity index (χ1) is 13.2. The molecule has 7 heteroatoms. The van der Waals surface area contributed by atoms with Crippen molar-refractivity contribution in [1.29, 1.82) is 0 Å². The standard InChI is InChI=1S/C20H22Cl2N4S/c21-16-3-1-4-18(20(16)22)26-11-9-25(10-12-26)8-2-7-23-15-5-6-19-17(13-15)24-14-27-19/h1,3-6,13-14,23H,2,7-12H2. The first-order valence-electron chi connectivity index (χ1n) is 9.19. The molecule has 27 heavy (non-hydrogen) atoms. The van der Waals surface area contributed by atoms with Crippen LogP contribution in [-0.2, 0) is 0 Å². The van der Waals surface area contributed by atoms with Crippen LogP contribution in [0.2, 0.25) is 10.0 Å². The molecule has 1 N–H and O–H groups in total. The normalized spacial score (nSPS) is 15.4. The molecule has 1 aliphatic heterocycles. The quantitative estimate of drug-likeness (QED) is 0.553. The first kappa shape index (κ1) is 18.8. The number of hydrogen-bond acceptors (Lipinski definition) is 5. The Morgan fingerprint density at radius 3 is 2.78 bits per heavy atom. The Morgan fingerprint density at radius 2 is 1.93 bits per heavy atom. The number of halogens is 2. The third-order valence-corrected chi connectivity index (χ3v) is 6.57. The Morgan fingerprint density at radius 1 is 1.07 bits per heavy atom. The maximum absolute atomic E-state index is 6.35. The molecule has 1 saturated heterocycles. The van der Waals surface area contributed by atoms with E-state index >= 15 is 0 Å². The molecule has 1 aromatic heterocycles. The first-order valence-corrected chi connectivity index (χ1v) is 10.8. The molecule has 0 spiro atoms. The van der Waals surface area contributed by atoms with Crippen LogP contribution in [0.4, 0.5) is 11.4 Å². The monoisotopic (exact) mass is 420 g/mol. The van der Waals surface area contributed by atoms with Gasteiger partial charge in [0.05, 0.1) is 31.5 Å². The summed E-state index contributed by atoms with van der Waals surface area (Å²) >= 11 is 14.2. The molecule has 1 fully saturated rings. The largest absolute Gasteiger partial charge is 0.385 e. The van der Waals surface area contributed by atoms with Gasteiger partial charge in [-0.15, -0.1) is 11.3 Å². The summed E-state index contributed by atoms with van der Waals surface area (Å²) in [5.74, 6) is 0. The molecule has 0 unspecified atom stereocenters. The number of aromatic nitrogens is 1. The lowest BCUT2D eigenvalue weighted by Crippen LogP contribution is -2.47. The average molecular weight is 421 g/mol. The Balaban J connectivity index is 1.21. The number of anilines is 2. The fraction of sp³-hybridized carbons (Fsp3) is 0.350. The van der Waals surface area contributed by atoms with Crippen molar-refractivity contribution in [3.63, 3.8) is 0 Å². The number of benzene rings is 2. The highest BCUT2D eigenvalue weighted by atomic mass is 35.5. The maximum Gasteiger partial charge on any atom is 0.0832 e. The molecule has 0 atom stereocenters. The minimum absolute atomic E-state index is 0.624. The molecular weight excluding hydrogens is 399 g/mol. The summed E-state index contributed by atoms with van der Waals surface area (Å²) in [5.41, 5.74) is 5.16.